The molecule has 1 aromatic carbocycles. The summed E-state index contributed by atoms with van der Waals surface area (Å²) in [6.45, 7) is 2.04. The summed E-state index contributed by atoms with van der Waals surface area (Å²) in [5, 5.41) is -0.00291. The van der Waals surface area contributed by atoms with Gasteiger partial charge in [-0.2, -0.15) is 0 Å². The molecule has 5 heteroatoms. The molecule has 94 valence electrons. The van der Waals surface area contributed by atoms with E-state index < -0.39 is 0 Å². The zero-order chi connectivity index (χ0) is 13.0. The summed E-state index contributed by atoms with van der Waals surface area (Å²) < 4.78 is 6.07. The number of carbonyl (C=O) groups excluding carboxylic acids is 1. The fraction of sp³-hybridized carbons (Fsp3) is 0.231. The first-order chi connectivity index (χ1) is 8.74. The van der Waals surface area contributed by atoms with Crippen molar-refractivity contribution in [2.75, 3.05) is 12.9 Å². The first kappa shape index (κ1) is 13.2. The number of para-hydroxylation sites is 1. The molecule has 18 heavy (non-hydrogen) atoms. The maximum Gasteiger partial charge on any atom is 0.244 e. The predicted molar refractivity (Wildman–Crippen MR) is 79.1 cm³/mol. The molecule has 2 rings (SSSR count). The minimum atomic E-state index is -0.00291. The Hall–Kier alpha value is -1.20. The normalized spacial score (nSPS) is 17.1. The van der Waals surface area contributed by atoms with Crippen molar-refractivity contribution in [1.82, 2.24) is 0 Å². The lowest BCUT2D eigenvalue weighted by molar-refractivity contribution is -0.107. The van der Waals surface area contributed by atoms with Crippen LogP contribution >= 0.6 is 23.5 Å². The second-order valence-corrected chi connectivity index (χ2v) is 5.94. The first-order valence-corrected chi connectivity index (χ1v) is 7.33. The molecule has 0 N–H and O–H groups in total. The molecular weight excluding hydrogens is 266 g/mol. The highest BCUT2D eigenvalue weighted by Crippen LogP contribution is 2.32. The summed E-state index contributed by atoms with van der Waals surface area (Å²) >= 11 is 2.78. The van der Waals surface area contributed by atoms with Gasteiger partial charge >= 0.3 is 0 Å². The van der Waals surface area contributed by atoms with Gasteiger partial charge in [-0.25, -0.2) is 4.99 Å². The van der Waals surface area contributed by atoms with Crippen LogP contribution in [0.5, 0.6) is 5.75 Å². The number of aliphatic imine (C=N–C) groups is 1. The molecule has 1 heterocycles. The van der Waals surface area contributed by atoms with Crippen LogP contribution < -0.4 is 4.74 Å². The summed E-state index contributed by atoms with van der Waals surface area (Å²) in [5.74, 6) is 1.66. The van der Waals surface area contributed by atoms with Gasteiger partial charge in [0.25, 0.3) is 0 Å². The van der Waals surface area contributed by atoms with Crippen LogP contribution in [0.2, 0.25) is 0 Å². The molecular formula is C13H13NO2S2. The van der Waals surface area contributed by atoms with Crippen LogP contribution in [0.15, 0.2) is 35.0 Å². The maximum atomic E-state index is 11.8. The minimum absolute atomic E-state index is 0.00291. The van der Waals surface area contributed by atoms with Crippen LogP contribution in [0.3, 0.4) is 0 Å². The van der Waals surface area contributed by atoms with Crippen LogP contribution in [0.25, 0.3) is 6.08 Å². The number of nitrogens with zero attached hydrogens (tertiary/aromatic N) is 1. The Morgan fingerprint density at radius 2 is 2.22 bits per heavy atom. The molecule has 0 bridgehead atoms. The van der Waals surface area contributed by atoms with Gasteiger partial charge < -0.3 is 4.74 Å². The van der Waals surface area contributed by atoms with Gasteiger partial charge in [0.15, 0.2) is 0 Å². The van der Waals surface area contributed by atoms with Crippen molar-refractivity contribution in [2.24, 2.45) is 4.99 Å². The molecule has 1 aromatic rings. The number of methoxy groups -OCH3 is 1. The van der Waals surface area contributed by atoms with Crippen LogP contribution in [0.4, 0.5) is 0 Å². The summed E-state index contributed by atoms with van der Waals surface area (Å²) in [6.07, 6.45) is 1.78. The molecule has 0 atom stereocenters. The number of benzene rings is 1. The summed E-state index contributed by atoms with van der Waals surface area (Å²) in [5.41, 5.74) is 1.36. The van der Waals surface area contributed by atoms with Crippen molar-refractivity contribution >= 4 is 39.1 Å². The molecule has 0 saturated carbocycles. The minimum Gasteiger partial charge on any atom is -0.496 e. The second kappa shape index (κ2) is 6.11. The van der Waals surface area contributed by atoms with Gasteiger partial charge in [-0.1, -0.05) is 36.9 Å². The number of ether oxygens (including phenoxy) is 1. The maximum absolute atomic E-state index is 11.8. The van der Waals surface area contributed by atoms with Crippen LogP contribution in [0, 0.1) is 0 Å². The van der Waals surface area contributed by atoms with Gasteiger partial charge in [0.2, 0.25) is 5.12 Å². The molecule has 0 amide bonds. The van der Waals surface area contributed by atoms with Gasteiger partial charge in [0.1, 0.15) is 15.8 Å². The molecule has 0 saturated heterocycles. The van der Waals surface area contributed by atoms with Crippen molar-refractivity contribution in [3.05, 3.63) is 35.5 Å². The van der Waals surface area contributed by atoms with E-state index in [4.69, 9.17) is 4.74 Å². The number of rotatable bonds is 3. The fourth-order valence-corrected chi connectivity index (χ4v) is 3.25. The van der Waals surface area contributed by atoms with E-state index in [1.165, 1.54) is 11.8 Å². The highest BCUT2D eigenvalue weighted by atomic mass is 32.2. The highest BCUT2D eigenvalue weighted by Gasteiger charge is 2.22. The van der Waals surface area contributed by atoms with E-state index in [9.17, 15) is 4.79 Å². The van der Waals surface area contributed by atoms with Crippen molar-refractivity contribution in [3.63, 3.8) is 0 Å². The number of hydrogen-bond acceptors (Lipinski definition) is 5. The Morgan fingerprint density at radius 1 is 1.44 bits per heavy atom. The third kappa shape index (κ3) is 2.97. The van der Waals surface area contributed by atoms with Crippen molar-refractivity contribution in [1.29, 1.82) is 0 Å². The summed E-state index contributed by atoms with van der Waals surface area (Å²) in [4.78, 5) is 16.1. The molecule has 0 aliphatic carbocycles. The van der Waals surface area contributed by atoms with E-state index in [0.29, 0.717) is 5.70 Å². The average Bonchev–Trinajstić information content (AvgIpc) is 2.71. The van der Waals surface area contributed by atoms with E-state index in [1.807, 2.05) is 31.2 Å². The van der Waals surface area contributed by atoms with E-state index >= 15 is 0 Å². The molecule has 0 spiro atoms. The average molecular weight is 279 g/mol. The zero-order valence-corrected chi connectivity index (χ0v) is 11.8. The Bertz CT molecular complexity index is 523. The molecule has 0 unspecified atom stereocenters. The highest BCUT2D eigenvalue weighted by molar-refractivity contribution is 8.45. The van der Waals surface area contributed by atoms with Gasteiger partial charge in [0, 0.05) is 5.56 Å². The van der Waals surface area contributed by atoms with Gasteiger partial charge in [-0.3, -0.25) is 4.79 Å². The van der Waals surface area contributed by atoms with E-state index in [2.05, 4.69) is 4.99 Å². The Kier molecular flexibility index (Phi) is 4.49. The van der Waals surface area contributed by atoms with Crippen molar-refractivity contribution < 1.29 is 9.53 Å². The van der Waals surface area contributed by atoms with E-state index in [0.717, 1.165) is 21.4 Å². The van der Waals surface area contributed by atoms with Gasteiger partial charge in [-0.15, -0.1) is 0 Å². The quantitative estimate of drug-likeness (QED) is 0.795. The Labute approximate surface area is 115 Å². The van der Waals surface area contributed by atoms with E-state index in [1.54, 1.807) is 24.9 Å². The first-order valence-electron chi connectivity index (χ1n) is 5.53. The molecule has 1 aliphatic heterocycles. The predicted octanol–water partition coefficient (Wildman–Crippen LogP) is 3.42. The topological polar surface area (TPSA) is 38.7 Å². The molecule has 3 nitrogen and oxygen atoms in total. The lowest BCUT2D eigenvalue weighted by Crippen LogP contribution is -1.90. The van der Waals surface area contributed by atoms with Gasteiger partial charge in [-0.05, 0) is 29.7 Å². The molecule has 0 fully saturated rings. The summed E-state index contributed by atoms with van der Waals surface area (Å²) in [7, 11) is 1.62. The lowest BCUT2D eigenvalue weighted by atomic mass is 10.2. The van der Waals surface area contributed by atoms with E-state index in [-0.39, 0.29) is 5.12 Å². The zero-order valence-electron chi connectivity index (χ0n) is 10.2. The lowest BCUT2D eigenvalue weighted by Gasteiger charge is -2.03. The second-order valence-electron chi connectivity index (χ2n) is 3.47. The third-order valence-electron chi connectivity index (χ3n) is 2.30. The standard InChI is InChI=1S/C13H13NO2S2/c1-3-17-13-14-10(12(15)18-13)8-9-6-4-5-7-11(9)16-2/h4-8H,3H2,1-2H3/b10-8+. The van der Waals surface area contributed by atoms with Crippen LogP contribution in [-0.4, -0.2) is 22.4 Å². The fourth-order valence-electron chi connectivity index (χ4n) is 1.51. The largest absolute Gasteiger partial charge is 0.496 e. The van der Waals surface area contributed by atoms with Gasteiger partial charge in [0.05, 0.1) is 7.11 Å². The van der Waals surface area contributed by atoms with Crippen LogP contribution in [-0.2, 0) is 4.79 Å². The smallest absolute Gasteiger partial charge is 0.244 e. The van der Waals surface area contributed by atoms with Crippen molar-refractivity contribution in [2.45, 2.75) is 6.92 Å². The van der Waals surface area contributed by atoms with Crippen LogP contribution in [0.1, 0.15) is 12.5 Å². The molecule has 0 radical (unpaired) electrons. The number of carbonyl (C=O) groups is 1. The summed E-state index contributed by atoms with van der Waals surface area (Å²) in [6, 6.07) is 7.58. The Morgan fingerprint density at radius 3 is 2.94 bits per heavy atom. The van der Waals surface area contributed by atoms with Crippen molar-refractivity contribution in [3.8, 4) is 5.75 Å². The number of hydrogen-bond donors (Lipinski definition) is 0. The number of thioether (sulfide) groups is 2. The molecule has 0 aromatic heterocycles. The SMILES string of the molecule is CCSC1=N/C(=C/c2ccccc2OC)C(=O)S1. The molecule has 1 aliphatic rings. The Balaban J connectivity index is 2.30. The monoisotopic (exact) mass is 279 g/mol. The third-order valence-corrected chi connectivity index (χ3v) is 4.19.